The van der Waals surface area contributed by atoms with Gasteiger partial charge in [0, 0.05) is 24.5 Å². The number of hydrogen-bond acceptors (Lipinski definition) is 3. The van der Waals surface area contributed by atoms with E-state index >= 15 is 0 Å². The van der Waals surface area contributed by atoms with Gasteiger partial charge in [0.2, 0.25) is 5.91 Å². The highest BCUT2D eigenvalue weighted by atomic mass is 35.5. The monoisotopic (exact) mass is 434 g/mol. The summed E-state index contributed by atoms with van der Waals surface area (Å²) >= 11 is 6.04. The van der Waals surface area contributed by atoms with E-state index < -0.39 is 6.04 Å². The van der Waals surface area contributed by atoms with Crippen molar-refractivity contribution in [3.05, 3.63) is 100 Å². The van der Waals surface area contributed by atoms with Crippen LogP contribution in [0.25, 0.3) is 0 Å². The smallest absolute Gasteiger partial charge is 0.241 e. The molecule has 0 aromatic heterocycles. The summed E-state index contributed by atoms with van der Waals surface area (Å²) in [5.41, 5.74) is 4.56. The molecule has 0 unspecified atom stereocenters. The SMILES string of the molecule is CNC(=O)[C@H](N[C@@H](CCc1ccc(Cl)cc1)c1ccc2c(c1)CCO2)c1ccccc1. The number of fused-ring (bicyclic) bond motifs is 1. The Morgan fingerprint density at radius 3 is 2.55 bits per heavy atom. The van der Waals surface area contributed by atoms with E-state index in [2.05, 4.69) is 34.9 Å². The van der Waals surface area contributed by atoms with Crippen LogP contribution in [-0.2, 0) is 17.6 Å². The lowest BCUT2D eigenvalue weighted by Gasteiger charge is -2.26. The van der Waals surface area contributed by atoms with Gasteiger partial charge in [-0.05, 0) is 53.3 Å². The first kappa shape index (κ1) is 21.4. The summed E-state index contributed by atoms with van der Waals surface area (Å²) in [6, 6.07) is 23.7. The normalized spacial score (nSPS) is 14.4. The molecule has 3 aromatic carbocycles. The number of amides is 1. The fourth-order valence-electron chi connectivity index (χ4n) is 4.05. The number of carbonyl (C=O) groups excluding carboxylic acids is 1. The highest BCUT2D eigenvalue weighted by molar-refractivity contribution is 6.30. The Morgan fingerprint density at radius 1 is 1.03 bits per heavy atom. The van der Waals surface area contributed by atoms with E-state index in [0.29, 0.717) is 0 Å². The van der Waals surface area contributed by atoms with Crippen LogP contribution in [0.2, 0.25) is 5.02 Å². The summed E-state index contributed by atoms with van der Waals surface area (Å²) in [5, 5.41) is 7.17. The lowest BCUT2D eigenvalue weighted by atomic mass is 9.95. The molecule has 0 radical (unpaired) electrons. The van der Waals surface area contributed by atoms with Crippen molar-refractivity contribution in [1.29, 1.82) is 0 Å². The zero-order chi connectivity index (χ0) is 21.6. The van der Waals surface area contributed by atoms with Crippen molar-refractivity contribution in [2.45, 2.75) is 31.3 Å². The van der Waals surface area contributed by atoms with Crippen LogP contribution in [0.3, 0.4) is 0 Å². The summed E-state index contributed by atoms with van der Waals surface area (Å²) in [4.78, 5) is 12.8. The molecular weight excluding hydrogens is 408 g/mol. The first-order valence-corrected chi connectivity index (χ1v) is 11.0. The van der Waals surface area contributed by atoms with Crippen molar-refractivity contribution in [3.63, 3.8) is 0 Å². The van der Waals surface area contributed by atoms with E-state index in [1.807, 2.05) is 48.5 Å². The van der Waals surface area contributed by atoms with Gasteiger partial charge in [-0.15, -0.1) is 0 Å². The summed E-state index contributed by atoms with van der Waals surface area (Å²) in [6.45, 7) is 0.729. The molecule has 0 spiro atoms. The molecule has 0 saturated heterocycles. The highest BCUT2D eigenvalue weighted by Gasteiger charge is 2.25. The van der Waals surface area contributed by atoms with E-state index in [4.69, 9.17) is 16.3 Å². The minimum Gasteiger partial charge on any atom is -0.493 e. The molecule has 0 saturated carbocycles. The van der Waals surface area contributed by atoms with E-state index in [1.165, 1.54) is 16.7 Å². The average molecular weight is 435 g/mol. The number of nitrogens with one attached hydrogen (secondary N) is 2. The minimum absolute atomic E-state index is 0.00378. The Bertz CT molecular complexity index is 1020. The third kappa shape index (κ3) is 5.27. The van der Waals surface area contributed by atoms with E-state index in [0.717, 1.165) is 42.2 Å². The van der Waals surface area contributed by atoms with Crippen LogP contribution in [0.1, 0.15) is 40.8 Å². The van der Waals surface area contributed by atoms with Gasteiger partial charge in [-0.25, -0.2) is 0 Å². The molecule has 2 atom stereocenters. The van der Waals surface area contributed by atoms with Gasteiger partial charge >= 0.3 is 0 Å². The van der Waals surface area contributed by atoms with Crippen LogP contribution >= 0.6 is 11.6 Å². The molecule has 5 heteroatoms. The van der Waals surface area contributed by atoms with Crippen LogP contribution in [0.15, 0.2) is 72.8 Å². The van der Waals surface area contributed by atoms with E-state index in [-0.39, 0.29) is 11.9 Å². The molecule has 0 fully saturated rings. The van der Waals surface area contributed by atoms with Crippen molar-refractivity contribution in [1.82, 2.24) is 10.6 Å². The number of rotatable bonds is 8. The number of aryl methyl sites for hydroxylation is 1. The molecule has 3 aromatic rings. The predicted molar refractivity (Wildman–Crippen MR) is 125 cm³/mol. The maximum atomic E-state index is 12.8. The highest BCUT2D eigenvalue weighted by Crippen LogP contribution is 2.31. The number of ether oxygens (including phenoxy) is 1. The Balaban J connectivity index is 1.61. The lowest BCUT2D eigenvalue weighted by molar-refractivity contribution is -0.123. The van der Waals surface area contributed by atoms with Crippen LogP contribution in [0.4, 0.5) is 0 Å². The standard InChI is InChI=1S/C26H27ClN2O2/c1-28-26(30)25(19-5-3-2-4-6-19)29-23(13-9-18-7-11-22(27)12-8-18)20-10-14-24-21(17-20)15-16-31-24/h2-8,10-12,14,17,23,25,29H,9,13,15-16H2,1H3,(H,28,30)/t23-,25+/m0/s1. The molecule has 4 rings (SSSR count). The summed E-state index contributed by atoms with van der Waals surface area (Å²) in [5.74, 6) is 0.915. The van der Waals surface area contributed by atoms with Crippen molar-refractivity contribution in [2.24, 2.45) is 0 Å². The van der Waals surface area contributed by atoms with E-state index in [1.54, 1.807) is 7.05 Å². The quantitative estimate of drug-likeness (QED) is 0.523. The fourth-order valence-corrected chi connectivity index (χ4v) is 4.17. The molecular formula is C26H27ClN2O2. The average Bonchev–Trinajstić information content (AvgIpc) is 3.28. The molecule has 160 valence electrons. The van der Waals surface area contributed by atoms with Gasteiger partial charge in [-0.3, -0.25) is 10.1 Å². The van der Waals surface area contributed by atoms with Crippen LogP contribution in [-0.4, -0.2) is 19.6 Å². The Hall–Kier alpha value is -2.82. The third-order valence-corrected chi connectivity index (χ3v) is 6.01. The Morgan fingerprint density at radius 2 is 1.81 bits per heavy atom. The van der Waals surface area contributed by atoms with Gasteiger partial charge in [-0.1, -0.05) is 66.2 Å². The van der Waals surface area contributed by atoms with Gasteiger partial charge in [0.05, 0.1) is 6.61 Å². The maximum absolute atomic E-state index is 12.8. The zero-order valence-corrected chi connectivity index (χ0v) is 18.4. The largest absolute Gasteiger partial charge is 0.493 e. The van der Waals surface area contributed by atoms with Gasteiger partial charge in [0.15, 0.2) is 0 Å². The third-order valence-electron chi connectivity index (χ3n) is 5.76. The number of likely N-dealkylation sites (N-methyl/N-ethyl adjacent to an activating group) is 1. The molecule has 31 heavy (non-hydrogen) atoms. The Labute approximate surface area is 188 Å². The lowest BCUT2D eigenvalue weighted by Crippen LogP contribution is -2.38. The van der Waals surface area contributed by atoms with Crippen LogP contribution < -0.4 is 15.4 Å². The topological polar surface area (TPSA) is 50.4 Å². The molecule has 0 aliphatic carbocycles. The Kier molecular flexibility index (Phi) is 6.90. The van der Waals surface area contributed by atoms with Crippen LogP contribution in [0.5, 0.6) is 5.75 Å². The second-order valence-corrected chi connectivity index (χ2v) is 8.24. The van der Waals surface area contributed by atoms with Crippen LogP contribution in [0, 0.1) is 0 Å². The first-order chi connectivity index (χ1) is 15.1. The number of hydrogen-bond donors (Lipinski definition) is 2. The second kappa shape index (κ2) is 9.99. The van der Waals surface area contributed by atoms with Gasteiger partial charge in [0.1, 0.15) is 11.8 Å². The molecule has 1 aliphatic heterocycles. The van der Waals surface area contributed by atoms with Crippen molar-refractivity contribution < 1.29 is 9.53 Å². The van der Waals surface area contributed by atoms with Crippen molar-refractivity contribution >= 4 is 17.5 Å². The molecule has 1 aliphatic rings. The zero-order valence-electron chi connectivity index (χ0n) is 17.6. The molecule has 0 bridgehead atoms. The predicted octanol–water partition coefficient (Wildman–Crippen LogP) is 5.03. The molecule has 1 heterocycles. The number of halogens is 1. The summed E-state index contributed by atoms with van der Waals surface area (Å²) < 4.78 is 5.68. The molecule has 4 nitrogen and oxygen atoms in total. The van der Waals surface area contributed by atoms with Crippen molar-refractivity contribution in [3.8, 4) is 5.75 Å². The number of benzene rings is 3. The molecule has 1 amide bonds. The van der Waals surface area contributed by atoms with Gasteiger partial charge in [0.25, 0.3) is 0 Å². The first-order valence-electron chi connectivity index (χ1n) is 10.7. The fraction of sp³-hybridized carbons (Fsp3) is 0.269. The summed E-state index contributed by atoms with van der Waals surface area (Å²) in [7, 11) is 1.68. The maximum Gasteiger partial charge on any atom is 0.241 e. The van der Waals surface area contributed by atoms with Crippen molar-refractivity contribution in [2.75, 3.05) is 13.7 Å². The molecule has 2 N–H and O–H groups in total. The van der Waals surface area contributed by atoms with Gasteiger partial charge < -0.3 is 10.1 Å². The van der Waals surface area contributed by atoms with Gasteiger partial charge in [-0.2, -0.15) is 0 Å². The number of carbonyl (C=O) groups is 1. The second-order valence-electron chi connectivity index (χ2n) is 7.81. The van der Waals surface area contributed by atoms with E-state index in [9.17, 15) is 4.79 Å². The minimum atomic E-state index is -0.439. The summed E-state index contributed by atoms with van der Waals surface area (Å²) in [6.07, 6.45) is 2.64.